The van der Waals surface area contributed by atoms with Gasteiger partial charge in [0, 0.05) is 29.3 Å². The standard InChI is InChI=1S/C22H27NO3S/c1-3-26-20-6-4-18(5-7-20)22(24)23-14-12-17(13-15-23)16-27-21-10-8-19(25-2)9-11-21/h4-11,17H,3,12-16H2,1-2H3. The summed E-state index contributed by atoms with van der Waals surface area (Å²) in [5, 5.41) is 0. The Labute approximate surface area is 165 Å². The van der Waals surface area contributed by atoms with Crippen LogP contribution in [0.2, 0.25) is 0 Å². The molecule has 1 saturated heterocycles. The molecule has 0 radical (unpaired) electrons. The average molecular weight is 386 g/mol. The van der Waals surface area contributed by atoms with E-state index in [0.29, 0.717) is 12.5 Å². The molecule has 2 aromatic carbocycles. The molecule has 27 heavy (non-hydrogen) atoms. The van der Waals surface area contributed by atoms with Gasteiger partial charge in [-0.2, -0.15) is 0 Å². The fourth-order valence-electron chi connectivity index (χ4n) is 3.23. The molecular formula is C22H27NO3S. The molecule has 1 aliphatic rings. The highest BCUT2D eigenvalue weighted by molar-refractivity contribution is 7.99. The minimum absolute atomic E-state index is 0.124. The molecule has 1 fully saturated rings. The molecule has 0 atom stereocenters. The average Bonchev–Trinajstić information content (AvgIpc) is 2.73. The lowest BCUT2D eigenvalue weighted by molar-refractivity contribution is 0.0698. The van der Waals surface area contributed by atoms with Crippen molar-refractivity contribution in [2.75, 3.05) is 32.6 Å². The maximum atomic E-state index is 12.7. The summed E-state index contributed by atoms with van der Waals surface area (Å²) in [6.45, 7) is 4.26. The van der Waals surface area contributed by atoms with Crippen molar-refractivity contribution in [1.29, 1.82) is 0 Å². The Bertz CT molecular complexity index is 722. The first kappa shape index (κ1) is 19.6. The lowest BCUT2D eigenvalue weighted by Crippen LogP contribution is -2.38. The van der Waals surface area contributed by atoms with Crippen LogP contribution in [0.25, 0.3) is 0 Å². The zero-order chi connectivity index (χ0) is 19.1. The van der Waals surface area contributed by atoms with E-state index < -0.39 is 0 Å². The van der Waals surface area contributed by atoms with Crippen molar-refractivity contribution >= 4 is 17.7 Å². The quantitative estimate of drug-likeness (QED) is 0.646. The number of thioether (sulfide) groups is 1. The molecule has 0 saturated carbocycles. The number of ether oxygens (including phenoxy) is 2. The van der Waals surface area contributed by atoms with Crippen molar-refractivity contribution < 1.29 is 14.3 Å². The van der Waals surface area contributed by atoms with Crippen LogP contribution in [0.5, 0.6) is 11.5 Å². The van der Waals surface area contributed by atoms with Gasteiger partial charge in [-0.25, -0.2) is 0 Å². The zero-order valence-corrected chi connectivity index (χ0v) is 16.8. The van der Waals surface area contributed by atoms with E-state index in [0.717, 1.165) is 48.7 Å². The molecule has 1 aliphatic heterocycles. The number of carbonyl (C=O) groups excluding carboxylic acids is 1. The van der Waals surface area contributed by atoms with Crippen molar-refractivity contribution in [2.45, 2.75) is 24.7 Å². The smallest absolute Gasteiger partial charge is 0.253 e. The Kier molecular flexibility index (Phi) is 7.04. The van der Waals surface area contributed by atoms with Crippen molar-refractivity contribution in [3.05, 3.63) is 54.1 Å². The first-order valence-corrected chi connectivity index (χ1v) is 10.5. The second-order valence-electron chi connectivity index (χ2n) is 6.68. The summed E-state index contributed by atoms with van der Waals surface area (Å²) in [7, 11) is 1.69. The molecule has 0 aliphatic carbocycles. The van der Waals surface area contributed by atoms with Gasteiger partial charge in [-0.15, -0.1) is 11.8 Å². The van der Waals surface area contributed by atoms with Gasteiger partial charge in [0.15, 0.2) is 0 Å². The SMILES string of the molecule is CCOc1ccc(C(=O)N2CCC(CSc3ccc(OC)cc3)CC2)cc1. The van der Waals surface area contributed by atoms with Gasteiger partial charge in [-0.3, -0.25) is 4.79 Å². The Balaban J connectivity index is 1.45. The number of benzene rings is 2. The minimum Gasteiger partial charge on any atom is -0.497 e. The molecule has 5 heteroatoms. The van der Waals surface area contributed by atoms with E-state index in [-0.39, 0.29) is 5.91 Å². The zero-order valence-electron chi connectivity index (χ0n) is 16.0. The van der Waals surface area contributed by atoms with Crippen molar-refractivity contribution in [1.82, 2.24) is 4.90 Å². The predicted octanol–water partition coefficient (Wildman–Crippen LogP) is 4.74. The molecule has 4 nitrogen and oxygen atoms in total. The van der Waals surface area contributed by atoms with Crippen LogP contribution in [0.3, 0.4) is 0 Å². The van der Waals surface area contributed by atoms with Crippen LogP contribution in [0.4, 0.5) is 0 Å². The Morgan fingerprint density at radius 3 is 2.26 bits per heavy atom. The summed E-state index contributed by atoms with van der Waals surface area (Å²) in [5.74, 6) is 3.57. The van der Waals surface area contributed by atoms with E-state index in [1.54, 1.807) is 7.11 Å². The van der Waals surface area contributed by atoms with Crippen molar-refractivity contribution in [3.8, 4) is 11.5 Å². The molecule has 0 bridgehead atoms. The maximum Gasteiger partial charge on any atom is 0.253 e. The van der Waals surface area contributed by atoms with Gasteiger partial charge in [0.25, 0.3) is 5.91 Å². The Hall–Kier alpha value is -2.14. The summed E-state index contributed by atoms with van der Waals surface area (Å²) in [4.78, 5) is 15.9. The predicted molar refractivity (Wildman–Crippen MR) is 110 cm³/mol. The van der Waals surface area contributed by atoms with E-state index in [2.05, 4.69) is 12.1 Å². The van der Waals surface area contributed by atoms with E-state index in [4.69, 9.17) is 9.47 Å². The van der Waals surface area contributed by atoms with Crippen LogP contribution in [0, 0.1) is 5.92 Å². The van der Waals surface area contributed by atoms with E-state index in [9.17, 15) is 4.79 Å². The van der Waals surface area contributed by atoms with Gasteiger partial charge >= 0.3 is 0 Å². The summed E-state index contributed by atoms with van der Waals surface area (Å²) >= 11 is 1.89. The van der Waals surface area contributed by atoms with Gasteiger partial charge in [-0.05, 0) is 74.2 Å². The Morgan fingerprint density at radius 2 is 1.67 bits per heavy atom. The van der Waals surface area contributed by atoms with Gasteiger partial charge in [-0.1, -0.05) is 0 Å². The van der Waals surface area contributed by atoms with Crippen molar-refractivity contribution in [3.63, 3.8) is 0 Å². The third-order valence-corrected chi connectivity index (χ3v) is 6.10. The number of likely N-dealkylation sites (tertiary alicyclic amines) is 1. The third kappa shape index (κ3) is 5.42. The lowest BCUT2D eigenvalue weighted by Gasteiger charge is -2.32. The fraction of sp³-hybridized carbons (Fsp3) is 0.409. The van der Waals surface area contributed by atoms with Crippen LogP contribution >= 0.6 is 11.8 Å². The highest BCUT2D eigenvalue weighted by Crippen LogP contribution is 2.28. The number of hydrogen-bond acceptors (Lipinski definition) is 4. The van der Waals surface area contributed by atoms with Gasteiger partial charge < -0.3 is 14.4 Å². The first-order valence-electron chi connectivity index (χ1n) is 9.48. The molecule has 0 aromatic heterocycles. The summed E-state index contributed by atoms with van der Waals surface area (Å²) in [5.41, 5.74) is 0.740. The molecule has 3 rings (SSSR count). The highest BCUT2D eigenvalue weighted by atomic mass is 32.2. The van der Waals surface area contributed by atoms with Crippen molar-refractivity contribution in [2.24, 2.45) is 5.92 Å². The second-order valence-corrected chi connectivity index (χ2v) is 7.77. The molecule has 0 spiro atoms. The maximum absolute atomic E-state index is 12.7. The van der Waals surface area contributed by atoms with Gasteiger partial charge in [0.05, 0.1) is 13.7 Å². The number of rotatable bonds is 7. The summed E-state index contributed by atoms with van der Waals surface area (Å²) < 4.78 is 10.6. The van der Waals surface area contributed by atoms with Crippen LogP contribution < -0.4 is 9.47 Å². The molecule has 1 heterocycles. The number of carbonyl (C=O) groups is 1. The normalized spacial score (nSPS) is 14.8. The minimum atomic E-state index is 0.124. The lowest BCUT2D eigenvalue weighted by atomic mass is 9.98. The van der Waals surface area contributed by atoms with E-state index >= 15 is 0 Å². The van der Waals surface area contributed by atoms with Crippen LogP contribution in [-0.4, -0.2) is 43.4 Å². The van der Waals surface area contributed by atoms with Gasteiger partial charge in [0.2, 0.25) is 0 Å². The molecule has 2 aromatic rings. The van der Waals surface area contributed by atoms with Gasteiger partial charge in [0.1, 0.15) is 11.5 Å². The van der Waals surface area contributed by atoms with Crippen LogP contribution in [0.1, 0.15) is 30.1 Å². The third-order valence-electron chi connectivity index (χ3n) is 4.86. The van der Waals surface area contributed by atoms with E-state index in [1.165, 1.54) is 4.90 Å². The Morgan fingerprint density at radius 1 is 1.04 bits per heavy atom. The summed E-state index contributed by atoms with van der Waals surface area (Å²) in [6.07, 6.45) is 2.12. The van der Waals surface area contributed by atoms with Crippen LogP contribution in [-0.2, 0) is 0 Å². The molecule has 144 valence electrons. The number of methoxy groups -OCH3 is 1. The monoisotopic (exact) mass is 385 g/mol. The number of amides is 1. The van der Waals surface area contributed by atoms with Crippen LogP contribution in [0.15, 0.2) is 53.4 Å². The molecule has 0 N–H and O–H groups in total. The fourth-order valence-corrected chi connectivity index (χ4v) is 4.32. The molecule has 0 unspecified atom stereocenters. The van der Waals surface area contributed by atoms with E-state index in [1.807, 2.05) is 60.0 Å². The highest BCUT2D eigenvalue weighted by Gasteiger charge is 2.23. The number of hydrogen-bond donors (Lipinski definition) is 0. The molecular weight excluding hydrogens is 358 g/mol. The summed E-state index contributed by atoms with van der Waals surface area (Å²) in [6, 6.07) is 15.7. The molecule has 1 amide bonds. The second kappa shape index (κ2) is 9.70. The number of nitrogens with zero attached hydrogens (tertiary/aromatic N) is 1. The first-order chi connectivity index (χ1) is 13.2. The number of piperidine rings is 1. The largest absolute Gasteiger partial charge is 0.497 e. The topological polar surface area (TPSA) is 38.8 Å².